The van der Waals surface area contributed by atoms with Crippen molar-refractivity contribution in [1.29, 1.82) is 0 Å². The van der Waals surface area contributed by atoms with E-state index in [0.29, 0.717) is 91.8 Å². The number of aromatic nitrogens is 16. The van der Waals surface area contributed by atoms with Crippen LogP contribution in [-0.4, -0.2) is 79.7 Å². The number of fused-ring (bicyclic) bond motifs is 40. The number of rotatable bonds is 0. The fourth-order valence-electron chi connectivity index (χ4n) is 11.2. The first-order valence-corrected chi connectivity index (χ1v) is 26.0. The molecule has 0 saturated heterocycles. The molecule has 0 unspecified atom stereocenters. The fourth-order valence-corrected chi connectivity index (χ4v) is 11.2. The minimum Gasteiger partial charge on any atom is -0.324 e. The Morgan fingerprint density at radius 3 is 0.420 bits per heavy atom. The molecule has 0 fully saturated rings. The molecule has 10 heterocycles. The van der Waals surface area contributed by atoms with Gasteiger partial charge in [-0.25, -0.2) is 59.8 Å². The Hall–Kier alpha value is -11.2. The summed E-state index contributed by atoms with van der Waals surface area (Å²) in [4.78, 5) is 73.5. The van der Waals surface area contributed by atoms with Gasteiger partial charge in [0.25, 0.3) is 0 Å². The zero-order chi connectivity index (χ0) is 52.4. The second-order valence-electron chi connectivity index (χ2n) is 19.6. The van der Waals surface area contributed by atoms with Crippen molar-refractivity contribution in [2.24, 2.45) is 0 Å². The third-order valence-electron chi connectivity index (χ3n) is 14.9. The van der Waals surface area contributed by atoms with Crippen LogP contribution < -0.4 is 0 Å². The highest BCUT2D eigenvalue weighted by atomic mass is 32.1. The van der Waals surface area contributed by atoms with Gasteiger partial charge in [0.2, 0.25) is 0 Å². The summed E-state index contributed by atoms with van der Waals surface area (Å²) in [7, 11) is 0. The van der Waals surface area contributed by atoms with Gasteiger partial charge in [-0.05, 0) is 0 Å². The second-order valence-corrected chi connectivity index (χ2v) is 19.6. The predicted octanol–water partition coefficient (Wildman–Crippen LogP) is 13.9. The Balaban J connectivity index is 0.000000132. The van der Waals surface area contributed by atoms with Crippen molar-refractivity contribution in [3.63, 3.8) is 0 Å². The molecule has 0 aliphatic carbocycles. The second kappa shape index (κ2) is 17.9. The summed E-state index contributed by atoms with van der Waals surface area (Å²) in [6.07, 6.45) is 0. The summed E-state index contributed by atoms with van der Waals surface area (Å²) in [6.45, 7) is 0. The lowest BCUT2D eigenvalue weighted by Gasteiger charge is -1.96. The van der Waals surface area contributed by atoms with Crippen LogP contribution in [0.4, 0.5) is 0 Å². The molecule has 0 saturated carbocycles. The number of aromatic amines is 4. The molecule has 380 valence electrons. The number of hydrogen-bond donors (Lipinski definition) is 4. The quantitative estimate of drug-likeness (QED) is 0.111. The van der Waals surface area contributed by atoms with Gasteiger partial charge in [-0.2, -0.15) is 13.5 Å². The molecule has 14 aromatic rings. The van der Waals surface area contributed by atoms with Crippen LogP contribution in [0.1, 0.15) is 0 Å². The van der Waals surface area contributed by atoms with Crippen molar-refractivity contribution in [3.05, 3.63) is 194 Å². The molecular formula is C64H38N16S. The van der Waals surface area contributed by atoms with Crippen molar-refractivity contribution < 1.29 is 0 Å². The molecule has 0 amide bonds. The van der Waals surface area contributed by atoms with Gasteiger partial charge in [0.15, 0.2) is 46.6 Å². The van der Waals surface area contributed by atoms with Crippen LogP contribution in [0.25, 0.3) is 179 Å². The van der Waals surface area contributed by atoms with Crippen molar-refractivity contribution in [3.8, 4) is 91.1 Å². The van der Waals surface area contributed by atoms with Gasteiger partial charge in [0.1, 0.15) is 45.2 Å². The highest BCUT2D eigenvalue weighted by Gasteiger charge is 2.24. The molecular weight excluding hydrogens is 1020 g/mol. The molecule has 6 aromatic heterocycles. The number of benzene rings is 8. The lowest BCUT2D eigenvalue weighted by Crippen LogP contribution is -1.83. The number of hydrogen-bond acceptors (Lipinski definition) is 12. The first-order valence-electron chi connectivity index (χ1n) is 26.0. The first kappa shape index (κ1) is 46.0. The van der Waals surface area contributed by atoms with Gasteiger partial charge in [-0.1, -0.05) is 194 Å². The first-order chi connectivity index (χ1) is 39.6. The van der Waals surface area contributed by atoms with Crippen molar-refractivity contribution >= 4 is 102 Å². The lowest BCUT2D eigenvalue weighted by molar-refractivity contribution is 1.19. The minimum atomic E-state index is 0. The van der Waals surface area contributed by atoms with Crippen molar-refractivity contribution in [1.82, 2.24) is 79.7 Å². The standard InChI is InChI=1S/2C32H18N8.H2S/c2*1-2-10-18-17(9-1)25-33-26(18)38-28-21-13-5-6-14-22(21)30(35-28)40-32-24-16-8-7-15-23(24)31(36-32)39-29-20-12-4-3-11-19(20)27(34-29)37-25;/h2*1-16H,(H2,33,34,35,36,37,38,39,40);1H2. The molecule has 4 aliphatic rings. The average molecular weight is 1060 g/mol. The van der Waals surface area contributed by atoms with Gasteiger partial charge in [-0.3, -0.25) is 0 Å². The fraction of sp³-hybridized carbons (Fsp3) is 0. The largest absolute Gasteiger partial charge is 0.324 e. The SMILES string of the molecule is S.c1ccc2c(c1)-c1nc-2nc2[nH]c(nc3nc(nc4[nH]c(n1)c1ccccc41)-c1ccccc1-3)c1ccccc21.c1ccc2c(c1)-c1nc-2nc2[nH]c(nc3nc(nc4[nH]c(n1)c1ccccc41)-c1ccccc1-3)c1ccccc21. The lowest BCUT2D eigenvalue weighted by atomic mass is 10.1. The van der Waals surface area contributed by atoms with Gasteiger partial charge < -0.3 is 19.9 Å². The Labute approximate surface area is 464 Å². The number of H-pyrrole nitrogens is 4. The molecule has 4 N–H and O–H groups in total. The van der Waals surface area contributed by atoms with Crippen LogP contribution in [0.5, 0.6) is 0 Å². The van der Waals surface area contributed by atoms with E-state index in [0.717, 1.165) is 87.6 Å². The van der Waals surface area contributed by atoms with E-state index in [1.807, 2.05) is 194 Å². The molecule has 16 nitrogen and oxygen atoms in total. The normalized spacial score (nSPS) is 11.9. The molecule has 0 atom stereocenters. The van der Waals surface area contributed by atoms with Gasteiger partial charge in [0.05, 0.1) is 0 Å². The molecule has 0 spiro atoms. The van der Waals surface area contributed by atoms with Gasteiger partial charge >= 0.3 is 0 Å². The van der Waals surface area contributed by atoms with E-state index < -0.39 is 0 Å². The Kier molecular flexibility index (Phi) is 10.2. The predicted molar refractivity (Wildman–Crippen MR) is 322 cm³/mol. The number of nitrogens with zero attached hydrogens (tertiary/aromatic N) is 12. The van der Waals surface area contributed by atoms with Crippen molar-refractivity contribution in [2.75, 3.05) is 0 Å². The van der Waals surface area contributed by atoms with Gasteiger partial charge in [0, 0.05) is 87.6 Å². The summed E-state index contributed by atoms with van der Waals surface area (Å²) in [6, 6.07) is 64.5. The molecule has 17 heteroatoms. The van der Waals surface area contributed by atoms with E-state index in [9.17, 15) is 0 Å². The highest BCUT2D eigenvalue weighted by Crippen LogP contribution is 2.39. The van der Waals surface area contributed by atoms with Crippen LogP contribution >= 0.6 is 13.5 Å². The summed E-state index contributed by atoms with van der Waals surface area (Å²) in [5.74, 6) is 4.78. The Morgan fingerprint density at radius 2 is 0.284 bits per heavy atom. The van der Waals surface area contributed by atoms with Crippen LogP contribution in [0.2, 0.25) is 0 Å². The number of nitrogens with one attached hydrogen (secondary N) is 4. The smallest absolute Gasteiger partial charge is 0.164 e. The molecule has 4 aliphatic heterocycles. The van der Waals surface area contributed by atoms with E-state index in [1.54, 1.807) is 0 Å². The van der Waals surface area contributed by atoms with E-state index in [4.69, 9.17) is 59.8 Å². The van der Waals surface area contributed by atoms with Gasteiger partial charge in [-0.15, -0.1) is 0 Å². The van der Waals surface area contributed by atoms with E-state index in [2.05, 4.69) is 19.9 Å². The average Bonchev–Trinajstić information content (AvgIpc) is 4.53. The minimum absolute atomic E-state index is 0. The summed E-state index contributed by atoms with van der Waals surface area (Å²) in [5.41, 5.74) is 12.9. The summed E-state index contributed by atoms with van der Waals surface area (Å²) < 4.78 is 0. The van der Waals surface area contributed by atoms with E-state index >= 15 is 0 Å². The summed E-state index contributed by atoms with van der Waals surface area (Å²) >= 11 is 0. The van der Waals surface area contributed by atoms with E-state index in [1.165, 1.54) is 0 Å². The Morgan fingerprint density at radius 1 is 0.160 bits per heavy atom. The van der Waals surface area contributed by atoms with Crippen LogP contribution in [-0.2, 0) is 0 Å². The Bertz CT molecular complexity index is 4390. The topological polar surface area (TPSA) is 218 Å². The zero-order valence-electron chi connectivity index (χ0n) is 42.3. The van der Waals surface area contributed by atoms with Crippen LogP contribution in [0.3, 0.4) is 0 Å². The molecule has 0 radical (unpaired) electrons. The highest BCUT2D eigenvalue weighted by molar-refractivity contribution is 7.59. The monoisotopic (exact) mass is 1060 g/mol. The maximum absolute atomic E-state index is 5.02. The van der Waals surface area contributed by atoms with Crippen LogP contribution in [0.15, 0.2) is 194 Å². The third kappa shape index (κ3) is 7.33. The van der Waals surface area contributed by atoms with E-state index in [-0.39, 0.29) is 13.5 Å². The third-order valence-corrected chi connectivity index (χ3v) is 14.9. The van der Waals surface area contributed by atoms with Crippen molar-refractivity contribution in [2.45, 2.75) is 0 Å². The molecule has 8 aromatic carbocycles. The summed E-state index contributed by atoms with van der Waals surface area (Å²) in [5, 5.41) is 7.64. The molecule has 18 rings (SSSR count). The zero-order valence-corrected chi connectivity index (χ0v) is 43.3. The molecule has 81 heavy (non-hydrogen) atoms. The maximum atomic E-state index is 5.02. The molecule has 16 bridgehead atoms. The van der Waals surface area contributed by atoms with Crippen LogP contribution in [0, 0.1) is 0 Å². The maximum Gasteiger partial charge on any atom is 0.164 e.